The Kier molecular flexibility index (Phi) is 5.78. The average molecular weight is 327 g/mol. The summed E-state index contributed by atoms with van der Waals surface area (Å²) in [5.74, 6) is 0.399. The average Bonchev–Trinajstić information content (AvgIpc) is 2.58. The van der Waals surface area contributed by atoms with E-state index in [2.05, 4.69) is 16.0 Å². The fraction of sp³-hybridized carbons (Fsp3) is 0.222. The molecule has 0 unspecified atom stereocenters. The predicted octanol–water partition coefficient (Wildman–Crippen LogP) is 3.15. The Morgan fingerprint density at radius 2 is 1.46 bits per heavy atom. The lowest BCUT2D eigenvalue weighted by molar-refractivity contribution is -0.122. The second-order valence-corrected chi connectivity index (χ2v) is 5.34. The number of hydrogen-bond acceptors (Lipinski definition) is 3. The van der Waals surface area contributed by atoms with Crippen LogP contribution in [0.1, 0.15) is 12.5 Å². The zero-order valence-corrected chi connectivity index (χ0v) is 13.9. The third-order valence-electron chi connectivity index (χ3n) is 3.34. The van der Waals surface area contributed by atoms with Crippen LogP contribution in [0.4, 0.5) is 16.2 Å². The number of urea groups is 1. The molecule has 1 atom stereocenters. The summed E-state index contributed by atoms with van der Waals surface area (Å²) < 4.78 is 5.62. The highest BCUT2D eigenvalue weighted by Crippen LogP contribution is 2.16. The van der Waals surface area contributed by atoms with Gasteiger partial charge in [0.1, 0.15) is 5.75 Å². The minimum Gasteiger partial charge on any atom is -0.481 e. The highest BCUT2D eigenvalue weighted by Gasteiger charge is 2.14. The van der Waals surface area contributed by atoms with E-state index in [1.165, 1.54) is 0 Å². The summed E-state index contributed by atoms with van der Waals surface area (Å²) >= 11 is 0. The summed E-state index contributed by atoms with van der Waals surface area (Å²) in [6.07, 6.45) is -0.628. The molecule has 6 heteroatoms. The molecular formula is C18H21N3O3. The lowest BCUT2D eigenvalue weighted by Gasteiger charge is -2.15. The molecule has 0 radical (unpaired) electrons. The Balaban J connectivity index is 1.91. The van der Waals surface area contributed by atoms with Crippen molar-refractivity contribution in [1.29, 1.82) is 0 Å². The highest BCUT2D eigenvalue weighted by atomic mass is 16.5. The van der Waals surface area contributed by atoms with Crippen LogP contribution < -0.4 is 20.7 Å². The third kappa shape index (κ3) is 5.01. The fourth-order valence-electron chi connectivity index (χ4n) is 1.95. The van der Waals surface area contributed by atoms with Crippen molar-refractivity contribution in [2.45, 2.75) is 20.0 Å². The summed E-state index contributed by atoms with van der Waals surface area (Å²) in [5.41, 5.74) is 2.39. The molecule has 0 aromatic heterocycles. The largest absolute Gasteiger partial charge is 0.481 e. The first-order valence-corrected chi connectivity index (χ1v) is 7.61. The number of carbonyl (C=O) groups is 2. The molecule has 6 nitrogen and oxygen atoms in total. The van der Waals surface area contributed by atoms with Crippen LogP contribution in [0.3, 0.4) is 0 Å². The number of benzene rings is 2. The number of carbonyl (C=O) groups excluding carboxylic acids is 2. The maximum atomic E-state index is 12.2. The minimum absolute atomic E-state index is 0.248. The summed E-state index contributed by atoms with van der Waals surface area (Å²) in [5, 5.41) is 7.89. The van der Waals surface area contributed by atoms with Gasteiger partial charge in [-0.2, -0.15) is 0 Å². The number of ether oxygens (including phenoxy) is 1. The van der Waals surface area contributed by atoms with Crippen LogP contribution in [-0.2, 0) is 4.79 Å². The van der Waals surface area contributed by atoms with E-state index >= 15 is 0 Å². The Morgan fingerprint density at radius 1 is 0.917 bits per heavy atom. The van der Waals surface area contributed by atoms with Crippen molar-refractivity contribution < 1.29 is 14.3 Å². The van der Waals surface area contributed by atoms with Crippen LogP contribution in [-0.4, -0.2) is 25.1 Å². The maximum Gasteiger partial charge on any atom is 0.318 e. The van der Waals surface area contributed by atoms with Gasteiger partial charge >= 0.3 is 6.03 Å². The van der Waals surface area contributed by atoms with Crippen molar-refractivity contribution in [1.82, 2.24) is 5.32 Å². The van der Waals surface area contributed by atoms with E-state index in [4.69, 9.17) is 4.74 Å². The van der Waals surface area contributed by atoms with Gasteiger partial charge in [-0.25, -0.2) is 4.79 Å². The standard InChI is InChI=1S/C18H21N3O3/c1-12-4-10-16(11-5-12)24-13(2)17(22)20-14-6-8-15(9-7-14)21-18(23)19-3/h4-11,13H,1-3H3,(H,20,22)(H2,19,21,23)/t13-/m0/s1. The molecule has 126 valence electrons. The molecule has 0 aliphatic heterocycles. The van der Waals surface area contributed by atoms with Gasteiger partial charge in [-0.3, -0.25) is 4.79 Å². The molecule has 2 rings (SSSR count). The van der Waals surface area contributed by atoms with Gasteiger partial charge in [0.05, 0.1) is 0 Å². The highest BCUT2D eigenvalue weighted by molar-refractivity contribution is 5.94. The molecule has 0 heterocycles. The van der Waals surface area contributed by atoms with Gasteiger partial charge in [0.2, 0.25) is 0 Å². The molecule has 3 amide bonds. The fourth-order valence-corrected chi connectivity index (χ4v) is 1.95. The first kappa shape index (κ1) is 17.3. The second kappa shape index (κ2) is 8.01. The normalized spacial score (nSPS) is 11.3. The van der Waals surface area contributed by atoms with E-state index in [1.54, 1.807) is 38.2 Å². The molecule has 24 heavy (non-hydrogen) atoms. The van der Waals surface area contributed by atoms with E-state index in [-0.39, 0.29) is 11.9 Å². The van der Waals surface area contributed by atoms with E-state index < -0.39 is 6.10 Å². The molecular weight excluding hydrogens is 306 g/mol. The van der Waals surface area contributed by atoms with Gasteiger partial charge in [-0.05, 0) is 50.2 Å². The summed E-state index contributed by atoms with van der Waals surface area (Å²) in [7, 11) is 1.54. The number of nitrogens with one attached hydrogen (secondary N) is 3. The van der Waals surface area contributed by atoms with Crippen molar-refractivity contribution in [2.75, 3.05) is 17.7 Å². The maximum absolute atomic E-state index is 12.2. The Bertz CT molecular complexity index is 696. The summed E-state index contributed by atoms with van der Waals surface area (Å²) in [4.78, 5) is 23.4. The van der Waals surface area contributed by atoms with Crippen molar-refractivity contribution in [3.8, 4) is 5.75 Å². The lowest BCUT2D eigenvalue weighted by Crippen LogP contribution is -2.30. The molecule has 0 fully saturated rings. The predicted molar refractivity (Wildman–Crippen MR) is 94.4 cm³/mol. The van der Waals surface area contributed by atoms with E-state index in [0.717, 1.165) is 5.56 Å². The van der Waals surface area contributed by atoms with Gasteiger partial charge in [-0.15, -0.1) is 0 Å². The summed E-state index contributed by atoms with van der Waals surface area (Å²) in [6, 6.07) is 14.1. The lowest BCUT2D eigenvalue weighted by atomic mass is 10.2. The van der Waals surface area contributed by atoms with Gasteiger partial charge in [0, 0.05) is 18.4 Å². The van der Waals surface area contributed by atoms with Crippen LogP contribution in [0.2, 0.25) is 0 Å². The molecule has 3 N–H and O–H groups in total. The second-order valence-electron chi connectivity index (χ2n) is 5.34. The number of rotatable bonds is 5. The molecule has 0 saturated carbocycles. The Labute approximate surface area is 141 Å². The van der Waals surface area contributed by atoms with Crippen molar-refractivity contribution in [3.63, 3.8) is 0 Å². The summed E-state index contributed by atoms with van der Waals surface area (Å²) in [6.45, 7) is 3.68. The Morgan fingerprint density at radius 3 is 2.00 bits per heavy atom. The molecule has 0 bridgehead atoms. The number of amides is 3. The van der Waals surface area contributed by atoms with Gasteiger partial charge in [0.15, 0.2) is 6.10 Å². The van der Waals surface area contributed by atoms with Crippen molar-refractivity contribution in [2.24, 2.45) is 0 Å². The van der Waals surface area contributed by atoms with Gasteiger partial charge < -0.3 is 20.7 Å². The molecule has 2 aromatic rings. The van der Waals surface area contributed by atoms with Crippen molar-refractivity contribution >= 4 is 23.3 Å². The molecule has 2 aromatic carbocycles. The molecule has 0 saturated heterocycles. The zero-order chi connectivity index (χ0) is 17.5. The molecule has 0 spiro atoms. The number of aryl methyl sites for hydroxylation is 1. The first-order valence-electron chi connectivity index (χ1n) is 7.61. The van der Waals surface area contributed by atoms with Crippen LogP contribution in [0.5, 0.6) is 5.75 Å². The smallest absolute Gasteiger partial charge is 0.318 e. The number of hydrogen-bond donors (Lipinski definition) is 3. The van der Waals surface area contributed by atoms with E-state index in [0.29, 0.717) is 17.1 Å². The van der Waals surface area contributed by atoms with E-state index in [1.807, 2.05) is 31.2 Å². The number of anilines is 2. The van der Waals surface area contributed by atoms with Crippen LogP contribution in [0.15, 0.2) is 48.5 Å². The molecule has 0 aliphatic rings. The van der Waals surface area contributed by atoms with Crippen LogP contribution >= 0.6 is 0 Å². The first-order chi connectivity index (χ1) is 11.5. The third-order valence-corrected chi connectivity index (χ3v) is 3.34. The quantitative estimate of drug-likeness (QED) is 0.789. The molecule has 0 aliphatic carbocycles. The van der Waals surface area contributed by atoms with E-state index in [9.17, 15) is 9.59 Å². The zero-order valence-electron chi connectivity index (χ0n) is 13.9. The van der Waals surface area contributed by atoms with Crippen LogP contribution in [0, 0.1) is 6.92 Å². The van der Waals surface area contributed by atoms with Crippen molar-refractivity contribution in [3.05, 3.63) is 54.1 Å². The van der Waals surface area contributed by atoms with Crippen LogP contribution in [0.25, 0.3) is 0 Å². The van der Waals surface area contributed by atoms with Gasteiger partial charge in [-0.1, -0.05) is 17.7 Å². The Hall–Kier alpha value is -3.02. The van der Waals surface area contributed by atoms with Gasteiger partial charge in [0.25, 0.3) is 5.91 Å². The minimum atomic E-state index is -0.628. The monoisotopic (exact) mass is 327 g/mol. The topological polar surface area (TPSA) is 79.5 Å². The SMILES string of the molecule is CNC(=O)Nc1ccc(NC(=O)[C@H](C)Oc2ccc(C)cc2)cc1.